The molecule has 0 atom stereocenters. The lowest BCUT2D eigenvalue weighted by Crippen LogP contribution is -2.45. The van der Waals surface area contributed by atoms with E-state index in [0.717, 1.165) is 50.0 Å². The van der Waals surface area contributed by atoms with Crippen LogP contribution in [0.4, 0.5) is 4.79 Å². The lowest BCUT2D eigenvalue weighted by Gasteiger charge is -2.39. The van der Waals surface area contributed by atoms with Gasteiger partial charge < -0.3 is 4.90 Å². The summed E-state index contributed by atoms with van der Waals surface area (Å²) in [6.45, 7) is 7.60. The number of carbonyl (C=O) groups excluding carboxylic acids is 2. The second-order valence-corrected chi connectivity index (χ2v) is 9.54. The second-order valence-electron chi connectivity index (χ2n) is 8.67. The number of benzene rings is 1. The third-order valence-corrected chi connectivity index (χ3v) is 6.80. The number of carbonyl (C=O) groups is 2. The molecule has 0 N–H and O–H groups in total. The highest BCUT2D eigenvalue weighted by Crippen LogP contribution is 2.41. The predicted molar refractivity (Wildman–Crippen MR) is 117 cm³/mol. The number of nitrogens with zero attached hydrogens (tertiary/aromatic N) is 4. The molecule has 2 fully saturated rings. The second kappa shape index (κ2) is 8.33. The van der Waals surface area contributed by atoms with Crippen molar-refractivity contribution in [1.82, 2.24) is 19.6 Å². The summed E-state index contributed by atoms with van der Waals surface area (Å²) in [6.07, 6.45) is 4.74. The molecule has 8 heteroatoms. The van der Waals surface area contributed by atoms with E-state index in [1.54, 1.807) is 19.2 Å². The Morgan fingerprint density at radius 2 is 1.70 bits per heavy atom. The average molecular weight is 449 g/mol. The maximum absolute atomic E-state index is 12.8. The maximum Gasteiger partial charge on any atom is 0.344 e. The number of aromatic nitrogens is 2. The summed E-state index contributed by atoms with van der Waals surface area (Å²) in [4.78, 5) is 28.8. The molecule has 0 unspecified atom stereocenters. The van der Waals surface area contributed by atoms with Gasteiger partial charge in [0.05, 0.1) is 0 Å². The number of amides is 1. The van der Waals surface area contributed by atoms with Gasteiger partial charge in [-0.15, -0.1) is 0 Å². The molecule has 2 aromatic rings. The fraction of sp³-hybridized carbons (Fsp3) is 0.500. The van der Waals surface area contributed by atoms with Crippen molar-refractivity contribution in [3.05, 3.63) is 51.3 Å². The van der Waals surface area contributed by atoms with E-state index in [1.165, 1.54) is 11.6 Å². The highest BCUT2D eigenvalue weighted by Gasteiger charge is 2.41. The van der Waals surface area contributed by atoms with Gasteiger partial charge >= 0.3 is 6.03 Å². The number of hydrogen-bond donors (Lipinski definition) is 0. The molecule has 30 heavy (non-hydrogen) atoms. The van der Waals surface area contributed by atoms with Gasteiger partial charge in [0.1, 0.15) is 5.69 Å². The van der Waals surface area contributed by atoms with Gasteiger partial charge in [-0.05, 0) is 67.5 Å². The minimum Gasteiger partial charge on any atom is -0.323 e. The van der Waals surface area contributed by atoms with E-state index in [9.17, 15) is 9.59 Å². The van der Waals surface area contributed by atoms with E-state index in [4.69, 9.17) is 23.2 Å². The van der Waals surface area contributed by atoms with Crippen LogP contribution in [-0.4, -0.2) is 57.6 Å². The first-order valence-corrected chi connectivity index (χ1v) is 11.0. The number of piperidine rings is 1. The van der Waals surface area contributed by atoms with Crippen LogP contribution in [0.1, 0.15) is 47.8 Å². The largest absolute Gasteiger partial charge is 0.344 e. The summed E-state index contributed by atoms with van der Waals surface area (Å²) in [7, 11) is 0. The fourth-order valence-corrected chi connectivity index (χ4v) is 5.33. The summed E-state index contributed by atoms with van der Waals surface area (Å²) in [5, 5.41) is 5.53. The van der Waals surface area contributed by atoms with Gasteiger partial charge in [-0.25, -0.2) is 4.79 Å². The molecule has 0 aliphatic carbocycles. The van der Waals surface area contributed by atoms with Crippen LogP contribution >= 0.6 is 23.2 Å². The topological polar surface area (TPSA) is 58.4 Å². The molecule has 3 heterocycles. The van der Waals surface area contributed by atoms with Gasteiger partial charge in [0.2, 0.25) is 0 Å². The number of ketones is 1. The van der Waals surface area contributed by atoms with Crippen molar-refractivity contribution in [3.63, 3.8) is 0 Å². The van der Waals surface area contributed by atoms with Gasteiger partial charge in [-0.3, -0.25) is 9.69 Å². The number of rotatable bonds is 3. The van der Waals surface area contributed by atoms with E-state index in [-0.39, 0.29) is 17.2 Å². The molecule has 0 bridgehead atoms. The third-order valence-electron chi connectivity index (χ3n) is 6.37. The smallest absolute Gasteiger partial charge is 0.323 e. The quantitative estimate of drug-likeness (QED) is 0.640. The Labute approximate surface area is 186 Å². The monoisotopic (exact) mass is 448 g/mol. The van der Waals surface area contributed by atoms with Crippen molar-refractivity contribution >= 4 is 35.0 Å². The molecule has 160 valence electrons. The third kappa shape index (κ3) is 4.41. The lowest BCUT2D eigenvalue weighted by atomic mass is 9.78. The Balaban J connectivity index is 1.35. The van der Waals surface area contributed by atoms with Crippen molar-refractivity contribution < 1.29 is 9.59 Å². The molecule has 1 spiro atoms. The maximum atomic E-state index is 12.8. The van der Waals surface area contributed by atoms with E-state index in [1.807, 2.05) is 17.0 Å². The Hall–Kier alpha value is -1.89. The SMILES string of the molecule is CC(=O)c1nn(C(=O)N2CCC3(CCN(Cc4cc(Cl)cc(Cl)c4)C3)CC2)cc1C. The molecular weight excluding hydrogens is 423 g/mol. The molecule has 2 aliphatic rings. The van der Waals surface area contributed by atoms with Gasteiger partial charge in [0.15, 0.2) is 5.78 Å². The van der Waals surface area contributed by atoms with Crippen molar-refractivity contribution in [3.8, 4) is 0 Å². The van der Waals surface area contributed by atoms with Crippen molar-refractivity contribution in [1.29, 1.82) is 0 Å². The summed E-state index contributed by atoms with van der Waals surface area (Å²) < 4.78 is 1.31. The molecule has 4 rings (SSSR count). The zero-order chi connectivity index (χ0) is 21.5. The Bertz CT molecular complexity index is 959. The molecule has 6 nitrogen and oxygen atoms in total. The number of aryl methyl sites for hydroxylation is 1. The minimum atomic E-state index is -0.149. The molecule has 2 saturated heterocycles. The average Bonchev–Trinajstić information content (AvgIpc) is 3.25. The summed E-state index contributed by atoms with van der Waals surface area (Å²) in [5.41, 5.74) is 2.48. The van der Waals surface area contributed by atoms with Crippen molar-refractivity contribution in [2.75, 3.05) is 26.2 Å². The Morgan fingerprint density at radius 1 is 1.07 bits per heavy atom. The van der Waals surface area contributed by atoms with Crippen LogP contribution in [0.5, 0.6) is 0 Å². The van der Waals surface area contributed by atoms with Gasteiger partial charge in [0.25, 0.3) is 0 Å². The standard InChI is InChI=1S/C22H26Cl2N4O2/c1-15-12-28(25-20(15)16(2)29)21(30)27-7-4-22(5-8-27)3-6-26(14-22)13-17-9-18(23)11-19(24)10-17/h9-12H,3-8,13-14H2,1-2H3. The van der Waals surface area contributed by atoms with E-state index < -0.39 is 0 Å². The van der Waals surface area contributed by atoms with E-state index >= 15 is 0 Å². The number of Topliss-reactive ketones (excluding diaryl/α,β-unsaturated/α-hetero) is 1. The van der Waals surface area contributed by atoms with Crippen molar-refractivity contribution in [2.45, 2.75) is 39.7 Å². The Morgan fingerprint density at radius 3 is 2.30 bits per heavy atom. The number of hydrogen-bond acceptors (Lipinski definition) is 4. The van der Waals surface area contributed by atoms with Crippen LogP contribution in [0.15, 0.2) is 24.4 Å². The van der Waals surface area contributed by atoms with Crippen molar-refractivity contribution in [2.24, 2.45) is 5.41 Å². The van der Waals surface area contributed by atoms with Gasteiger partial charge in [-0.1, -0.05) is 23.2 Å². The lowest BCUT2D eigenvalue weighted by molar-refractivity contribution is 0.101. The van der Waals surface area contributed by atoms with Crippen LogP contribution in [0, 0.1) is 12.3 Å². The normalized spacial score (nSPS) is 18.9. The highest BCUT2D eigenvalue weighted by atomic mass is 35.5. The number of halogens is 2. The first kappa shape index (κ1) is 21.3. The van der Waals surface area contributed by atoms with Crippen LogP contribution < -0.4 is 0 Å². The Kier molecular flexibility index (Phi) is 5.93. The predicted octanol–water partition coefficient (Wildman–Crippen LogP) is 4.66. The van der Waals surface area contributed by atoms with Gasteiger partial charge in [-0.2, -0.15) is 9.78 Å². The minimum absolute atomic E-state index is 0.122. The fourth-order valence-electron chi connectivity index (χ4n) is 4.75. The van der Waals surface area contributed by atoms with Crippen LogP contribution in [0.2, 0.25) is 10.0 Å². The summed E-state index contributed by atoms with van der Waals surface area (Å²) in [6, 6.07) is 5.55. The van der Waals surface area contributed by atoms with E-state index in [2.05, 4.69) is 10.00 Å². The zero-order valence-electron chi connectivity index (χ0n) is 17.3. The zero-order valence-corrected chi connectivity index (χ0v) is 18.8. The molecule has 1 amide bonds. The van der Waals surface area contributed by atoms with Gasteiger partial charge in [0, 0.05) is 49.3 Å². The molecule has 1 aromatic carbocycles. The summed E-state index contributed by atoms with van der Waals surface area (Å²) >= 11 is 12.3. The molecule has 2 aliphatic heterocycles. The van der Waals surface area contributed by atoms with Crippen LogP contribution in [0.3, 0.4) is 0 Å². The molecule has 0 radical (unpaired) electrons. The van der Waals surface area contributed by atoms with Crippen LogP contribution in [0.25, 0.3) is 0 Å². The first-order chi connectivity index (χ1) is 14.2. The first-order valence-electron chi connectivity index (χ1n) is 10.3. The molecule has 1 aromatic heterocycles. The number of likely N-dealkylation sites (tertiary alicyclic amines) is 2. The molecular formula is C22H26Cl2N4O2. The van der Waals surface area contributed by atoms with E-state index in [0.29, 0.717) is 28.8 Å². The van der Waals surface area contributed by atoms with Crippen LogP contribution in [-0.2, 0) is 6.54 Å². The molecule has 0 saturated carbocycles. The highest BCUT2D eigenvalue weighted by molar-refractivity contribution is 6.34. The summed E-state index contributed by atoms with van der Waals surface area (Å²) in [5.74, 6) is -0.122.